The highest BCUT2D eigenvalue weighted by molar-refractivity contribution is 5.79. The Balaban J connectivity index is 1.87. The van der Waals surface area contributed by atoms with Gasteiger partial charge in [-0.15, -0.1) is 10.2 Å². The molecule has 0 saturated carbocycles. The number of aromatic nitrogens is 3. The average molecular weight is 322 g/mol. The van der Waals surface area contributed by atoms with Gasteiger partial charge in [0.1, 0.15) is 5.82 Å². The number of methoxy groups -OCH3 is 1. The van der Waals surface area contributed by atoms with Crippen molar-refractivity contribution in [3.8, 4) is 0 Å². The molecule has 0 fully saturated rings. The maximum Gasteiger partial charge on any atom is 0.191 e. The van der Waals surface area contributed by atoms with Crippen molar-refractivity contribution in [1.29, 1.82) is 0 Å². The van der Waals surface area contributed by atoms with E-state index in [9.17, 15) is 0 Å². The number of rotatable bonds is 5. The predicted molar refractivity (Wildman–Crippen MR) is 91.4 cm³/mol. The summed E-state index contributed by atoms with van der Waals surface area (Å²) < 4.78 is 7.78. The summed E-state index contributed by atoms with van der Waals surface area (Å²) in [5, 5.41) is 15.2. The minimum absolute atomic E-state index is 0.0761. The number of guanidine groups is 1. The molecule has 2 heterocycles. The lowest BCUT2D eigenvalue weighted by atomic mass is 9.89. The van der Waals surface area contributed by atoms with Crippen molar-refractivity contribution in [2.24, 2.45) is 10.4 Å². The zero-order chi connectivity index (χ0) is 16.9. The molecular formula is C16H30N6O. The summed E-state index contributed by atoms with van der Waals surface area (Å²) in [6.07, 6.45) is 3.55. The lowest BCUT2D eigenvalue weighted by Crippen LogP contribution is -2.45. The van der Waals surface area contributed by atoms with E-state index in [1.165, 1.54) is 12.8 Å². The van der Waals surface area contributed by atoms with Gasteiger partial charge in [0.2, 0.25) is 0 Å². The van der Waals surface area contributed by atoms with Crippen LogP contribution >= 0.6 is 0 Å². The maximum atomic E-state index is 5.56. The Bertz CT molecular complexity index is 531. The Morgan fingerprint density at radius 2 is 2.09 bits per heavy atom. The third-order valence-electron chi connectivity index (χ3n) is 4.28. The highest BCUT2D eigenvalue weighted by Crippen LogP contribution is 2.20. The van der Waals surface area contributed by atoms with Crippen molar-refractivity contribution >= 4 is 5.96 Å². The molecule has 7 heteroatoms. The molecule has 1 aliphatic rings. The summed E-state index contributed by atoms with van der Waals surface area (Å²) in [5.74, 6) is 2.83. The van der Waals surface area contributed by atoms with Crippen molar-refractivity contribution in [1.82, 2.24) is 25.4 Å². The van der Waals surface area contributed by atoms with Crippen LogP contribution in [-0.2, 0) is 24.2 Å². The van der Waals surface area contributed by atoms with Crippen LogP contribution in [0.25, 0.3) is 0 Å². The van der Waals surface area contributed by atoms with E-state index in [1.807, 2.05) is 0 Å². The second-order valence-corrected chi connectivity index (χ2v) is 7.04. The van der Waals surface area contributed by atoms with Gasteiger partial charge in [0.25, 0.3) is 0 Å². The number of hydrogen-bond donors (Lipinski definition) is 2. The topological polar surface area (TPSA) is 76.4 Å². The van der Waals surface area contributed by atoms with E-state index in [1.54, 1.807) is 14.2 Å². The predicted octanol–water partition coefficient (Wildman–Crippen LogP) is 1.34. The van der Waals surface area contributed by atoms with Crippen molar-refractivity contribution < 1.29 is 4.74 Å². The second-order valence-electron chi connectivity index (χ2n) is 7.04. The first kappa shape index (κ1) is 17.7. The molecule has 1 unspecified atom stereocenters. The Morgan fingerprint density at radius 1 is 1.30 bits per heavy atom. The fraction of sp³-hybridized carbons (Fsp3) is 0.812. The largest absolute Gasteiger partial charge is 0.379 e. The average Bonchev–Trinajstić information content (AvgIpc) is 2.93. The number of hydrogen-bond acceptors (Lipinski definition) is 4. The molecule has 1 aliphatic heterocycles. The molecule has 0 bridgehead atoms. The molecule has 130 valence electrons. The van der Waals surface area contributed by atoms with E-state index in [4.69, 9.17) is 4.74 Å². The second kappa shape index (κ2) is 7.77. The Kier molecular flexibility index (Phi) is 5.98. The zero-order valence-corrected chi connectivity index (χ0v) is 15.0. The SMILES string of the molecule is CN=C(NCc1nnc2n1CCCC2)NCC(OC)C(C)(C)C. The van der Waals surface area contributed by atoms with Crippen LogP contribution in [0.4, 0.5) is 0 Å². The zero-order valence-electron chi connectivity index (χ0n) is 15.0. The summed E-state index contributed by atoms with van der Waals surface area (Å²) in [7, 11) is 3.52. The number of nitrogens with zero attached hydrogens (tertiary/aromatic N) is 4. The van der Waals surface area contributed by atoms with E-state index in [2.05, 4.69) is 51.2 Å². The highest BCUT2D eigenvalue weighted by atomic mass is 16.5. The Morgan fingerprint density at radius 3 is 2.74 bits per heavy atom. The summed E-state index contributed by atoms with van der Waals surface area (Å²) in [5.41, 5.74) is 0.0761. The smallest absolute Gasteiger partial charge is 0.191 e. The summed E-state index contributed by atoms with van der Waals surface area (Å²) in [6, 6.07) is 0. The molecule has 0 spiro atoms. The minimum Gasteiger partial charge on any atom is -0.379 e. The highest BCUT2D eigenvalue weighted by Gasteiger charge is 2.24. The number of nitrogens with one attached hydrogen (secondary N) is 2. The maximum absolute atomic E-state index is 5.56. The Hall–Kier alpha value is -1.63. The number of fused-ring (bicyclic) bond motifs is 1. The van der Waals surface area contributed by atoms with Crippen molar-refractivity contribution in [2.75, 3.05) is 20.7 Å². The first-order chi connectivity index (χ1) is 11.0. The molecule has 0 aromatic carbocycles. The fourth-order valence-corrected chi connectivity index (χ4v) is 2.82. The summed E-state index contributed by atoms with van der Waals surface area (Å²) in [6.45, 7) is 8.85. The first-order valence-corrected chi connectivity index (χ1v) is 8.34. The molecule has 0 saturated heterocycles. The van der Waals surface area contributed by atoms with E-state index < -0.39 is 0 Å². The molecule has 0 amide bonds. The fourth-order valence-electron chi connectivity index (χ4n) is 2.82. The van der Waals surface area contributed by atoms with Gasteiger partial charge in [-0.25, -0.2) is 0 Å². The van der Waals surface area contributed by atoms with Crippen LogP contribution < -0.4 is 10.6 Å². The normalized spacial score (nSPS) is 16.8. The van der Waals surface area contributed by atoms with Crippen LogP contribution in [0.15, 0.2) is 4.99 Å². The quantitative estimate of drug-likeness (QED) is 0.632. The van der Waals surface area contributed by atoms with Gasteiger partial charge in [-0.2, -0.15) is 0 Å². The van der Waals surface area contributed by atoms with Crippen LogP contribution in [0.3, 0.4) is 0 Å². The first-order valence-electron chi connectivity index (χ1n) is 8.34. The van der Waals surface area contributed by atoms with Crippen LogP contribution in [0, 0.1) is 5.41 Å². The van der Waals surface area contributed by atoms with Crippen LogP contribution in [0.2, 0.25) is 0 Å². The van der Waals surface area contributed by atoms with Gasteiger partial charge in [-0.1, -0.05) is 20.8 Å². The summed E-state index contributed by atoms with van der Waals surface area (Å²) >= 11 is 0. The van der Waals surface area contributed by atoms with Crippen LogP contribution in [-0.4, -0.2) is 47.5 Å². The van der Waals surface area contributed by atoms with E-state index in [0.717, 1.165) is 30.6 Å². The van der Waals surface area contributed by atoms with Gasteiger partial charge in [-0.3, -0.25) is 4.99 Å². The van der Waals surface area contributed by atoms with Crippen molar-refractivity contribution in [3.63, 3.8) is 0 Å². The summed E-state index contributed by atoms with van der Waals surface area (Å²) in [4.78, 5) is 4.27. The standard InChI is InChI=1S/C16H30N6O/c1-16(2,3)12(23-5)10-18-15(17-4)19-11-14-21-20-13-8-6-7-9-22(13)14/h12H,6-11H2,1-5H3,(H2,17,18,19). The van der Waals surface area contributed by atoms with Crippen molar-refractivity contribution in [3.05, 3.63) is 11.6 Å². The molecule has 0 aliphatic carbocycles. The molecule has 0 radical (unpaired) electrons. The van der Waals surface area contributed by atoms with Crippen LogP contribution in [0.5, 0.6) is 0 Å². The van der Waals surface area contributed by atoms with Crippen LogP contribution in [0.1, 0.15) is 45.3 Å². The van der Waals surface area contributed by atoms with Gasteiger partial charge >= 0.3 is 0 Å². The van der Waals surface area contributed by atoms with Gasteiger partial charge in [0.15, 0.2) is 11.8 Å². The van der Waals surface area contributed by atoms with Gasteiger partial charge in [-0.05, 0) is 18.3 Å². The molecule has 1 aromatic rings. The molecule has 2 N–H and O–H groups in total. The third-order valence-corrected chi connectivity index (χ3v) is 4.28. The van der Waals surface area contributed by atoms with Gasteiger partial charge in [0.05, 0.1) is 12.6 Å². The monoisotopic (exact) mass is 322 g/mol. The van der Waals surface area contributed by atoms with Gasteiger partial charge < -0.3 is 19.9 Å². The molecule has 1 atom stereocenters. The lowest BCUT2D eigenvalue weighted by Gasteiger charge is -2.30. The van der Waals surface area contributed by atoms with E-state index >= 15 is 0 Å². The van der Waals surface area contributed by atoms with Gasteiger partial charge in [0, 0.05) is 33.7 Å². The minimum atomic E-state index is 0.0761. The molecular weight excluding hydrogens is 292 g/mol. The van der Waals surface area contributed by atoms with E-state index in [-0.39, 0.29) is 11.5 Å². The van der Waals surface area contributed by atoms with E-state index in [0.29, 0.717) is 13.1 Å². The molecule has 23 heavy (non-hydrogen) atoms. The van der Waals surface area contributed by atoms with Crippen molar-refractivity contribution in [2.45, 2.75) is 59.2 Å². The molecule has 7 nitrogen and oxygen atoms in total. The third kappa shape index (κ3) is 4.67. The lowest BCUT2D eigenvalue weighted by molar-refractivity contribution is 0.0205. The number of ether oxygens (including phenoxy) is 1. The number of aliphatic imine (C=N–C) groups is 1. The molecule has 2 rings (SSSR count). The number of aryl methyl sites for hydroxylation is 1. The molecule has 1 aromatic heterocycles. The Labute approximate surface area is 138 Å².